The summed E-state index contributed by atoms with van der Waals surface area (Å²) >= 11 is 1.99. The van der Waals surface area contributed by atoms with E-state index in [2.05, 4.69) is 5.32 Å². The average Bonchev–Trinajstić information content (AvgIpc) is 2.33. The van der Waals surface area contributed by atoms with Gasteiger partial charge in [0.15, 0.2) is 0 Å². The number of nitrogens with one attached hydrogen (secondary N) is 1. The van der Waals surface area contributed by atoms with Crippen molar-refractivity contribution in [2.45, 2.75) is 0 Å². The molecule has 98 valence electrons. The van der Waals surface area contributed by atoms with Crippen LogP contribution in [0.3, 0.4) is 0 Å². The SMILES string of the molecule is O=C(Nc1cc(I)ccc1O)c1c(F)cccc1F. The lowest BCUT2D eigenvalue weighted by Gasteiger charge is -2.09. The molecule has 0 aliphatic heterocycles. The van der Waals surface area contributed by atoms with Gasteiger partial charge in [-0.2, -0.15) is 0 Å². The first-order chi connectivity index (χ1) is 8.99. The molecule has 0 unspecified atom stereocenters. The third kappa shape index (κ3) is 3.01. The standard InChI is InChI=1S/C13H8F2INO2/c14-8-2-1-3-9(15)12(8)13(19)17-10-6-7(16)4-5-11(10)18/h1-6,18H,(H,17,19). The number of amides is 1. The molecule has 0 atom stereocenters. The number of anilines is 1. The summed E-state index contributed by atoms with van der Waals surface area (Å²) < 4.78 is 27.6. The summed E-state index contributed by atoms with van der Waals surface area (Å²) in [5.74, 6) is -3.04. The highest BCUT2D eigenvalue weighted by molar-refractivity contribution is 14.1. The molecule has 0 radical (unpaired) electrons. The lowest BCUT2D eigenvalue weighted by atomic mass is 10.1. The molecule has 0 saturated carbocycles. The Morgan fingerprint density at radius 3 is 2.42 bits per heavy atom. The molecule has 0 heterocycles. The maximum Gasteiger partial charge on any atom is 0.261 e. The van der Waals surface area contributed by atoms with Crippen LogP contribution in [0.2, 0.25) is 0 Å². The maximum absolute atomic E-state index is 13.4. The van der Waals surface area contributed by atoms with Crippen LogP contribution in [-0.4, -0.2) is 11.0 Å². The largest absolute Gasteiger partial charge is 0.506 e. The molecule has 6 heteroatoms. The summed E-state index contributed by atoms with van der Waals surface area (Å²) in [4.78, 5) is 11.8. The number of carbonyl (C=O) groups excluding carboxylic acids is 1. The zero-order valence-corrected chi connectivity index (χ0v) is 11.6. The molecule has 0 aliphatic rings. The number of halogens is 3. The van der Waals surface area contributed by atoms with Gasteiger partial charge in [0.05, 0.1) is 5.69 Å². The number of hydrogen-bond donors (Lipinski definition) is 2. The van der Waals surface area contributed by atoms with Gasteiger partial charge in [0, 0.05) is 3.57 Å². The Morgan fingerprint density at radius 2 is 1.79 bits per heavy atom. The Balaban J connectivity index is 2.34. The van der Waals surface area contributed by atoms with E-state index in [1.54, 1.807) is 6.07 Å². The summed E-state index contributed by atoms with van der Waals surface area (Å²) in [6, 6.07) is 7.67. The molecule has 0 saturated heterocycles. The fourth-order valence-electron chi connectivity index (χ4n) is 1.51. The third-order valence-electron chi connectivity index (χ3n) is 2.40. The Bertz CT molecular complexity index is 626. The number of carbonyl (C=O) groups is 1. The third-order valence-corrected chi connectivity index (χ3v) is 3.07. The van der Waals surface area contributed by atoms with Crippen molar-refractivity contribution < 1.29 is 18.7 Å². The highest BCUT2D eigenvalue weighted by Crippen LogP contribution is 2.26. The van der Waals surface area contributed by atoms with Gasteiger partial charge in [-0.1, -0.05) is 6.07 Å². The molecular weight excluding hydrogens is 367 g/mol. The average molecular weight is 375 g/mol. The number of rotatable bonds is 2. The Morgan fingerprint density at radius 1 is 1.16 bits per heavy atom. The summed E-state index contributed by atoms with van der Waals surface area (Å²) in [7, 11) is 0. The minimum atomic E-state index is -0.956. The van der Waals surface area contributed by atoms with Crippen molar-refractivity contribution in [3.63, 3.8) is 0 Å². The van der Waals surface area contributed by atoms with Crippen LogP contribution in [-0.2, 0) is 0 Å². The van der Waals surface area contributed by atoms with Crippen molar-refractivity contribution in [3.05, 3.63) is 57.2 Å². The molecule has 1 amide bonds. The van der Waals surface area contributed by atoms with E-state index in [1.807, 2.05) is 22.6 Å². The summed E-state index contributed by atoms with van der Waals surface area (Å²) in [6.45, 7) is 0. The molecule has 19 heavy (non-hydrogen) atoms. The van der Waals surface area contributed by atoms with Crippen LogP contribution in [0.25, 0.3) is 0 Å². The first-order valence-corrected chi connectivity index (χ1v) is 6.31. The van der Waals surface area contributed by atoms with Gasteiger partial charge in [0.25, 0.3) is 5.91 Å². The highest BCUT2D eigenvalue weighted by atomic mass is 127. The van der Waals surface area contributed by atoms with Crippen molar-refractivity contribution in [3.8, 4) is 5.75 Å². The van der Waals surface area contributed by atoms with Crippen molar-refractivity contribution in [1.29, 1.82) is 0 Å². The first-order valence-electron chi connectivity index (χ1n) is 5.23. The zero-order chi connectivity index (χ0) is 14.0. The van der Waals surface area contributed by atoms with Gasteiger partial charge in [-0.25, -0.2) is 8.78 Å². The van der Waals surface area contributed by atoms with Gasteiger partial charge in [0.1, 0.15) is 22.9 Å². The number of hydrogen-bond acceptors (Lipinski definition) is 2. The molecule has 2 aromatic carbocycles. The van der Waals surface area contributed by atoms with Crippen LogP contribution in [0.15, 0.2) is 36.4 Å². The molecule has 3 nitrogen and oxygen atoms in total. The number of aromatic hydroxyl groups is 1. The van der Waals surface area contributed by atoms with Crippen LogP contribution >= 0.6 is 22.6 Å². The minimum Gasteiger partial charge on any atom is -0.506 e. The highest BCUT2D eigenvalue weighted by Gasteiger charge is 2.18. The fourth-order valence-corrected chi connectivity index (χ4v) is 2.00. The van der Waals surface area contributed by atoms with E-state index in [-0.39, 0.29) is 11.4 Å². The van der Waals surface area contributed by atoms with Crippen LogP contribution in [0.5, 0.6) is 5.75 Å². The van der Waals surface area contributed by atoms with Crippen LogP contribution in [0.1, 0.15) is 10.4 Å². The number of benzene rings is 2. The Hall–Kier alpha value is -1.70. The second-order valence-corrected chi connectivity index (χ2v) is 4.96. The van der Waals surface area contributed by atoms with Crippen molar-refractivity contribution >= 4 is 34.2 Å². The van der Waals surface area contributed by atoms with Crippen molar-refractivity contribution in [2.75, 3.05) is 5.32 Å². The van der Waals surface area contributed by atoms with E-state index in [0.29, 0.717) is 0 Å². The van der Waals surface area contributed by atoms with Gasteiger partial charge < -0.3 is 10.4 Å². The lowest BCUT2D eigenvalue weighted by Crippen LogP contribution is -2.16. The van der Waals surface area contributed by atoms with E-state index in [1.165, 1.54) is 18.2 Å². The summed E-state index contributed by atoms with van der Waals surface area (Å²) in [5.41, 5.74) is -0.583. The second-order valence-electron chi connectivity index (χ2n) is 3.71. The molecule has 0 aliphatic carbocycles. The van der Waals surface area contributed by atoms with E-state index >= 15 is 0 Å². The Kier molecular flexibility index (Phi) is 3.98. The zero-order valence-electron chi connectivity index (χ0n) is 9.45. The van der Waals surface area contributed by atoms with Gasteiger partial charge in [-0.15, -0.1) is 0 Å². The predicted octanol–water partition coefficient (Wildman–Crippen LogP) is 3.53. The van der Waals surface area contributed by atoms with Crippen LogP contribution < -0.4 is 5.32 Å². The maximum atomic E-state index is 13.4. The minimum absolute atomic E-state index is 0.0968. The normalized spacial score (nSPS) is 10.3. The predicted molar refractivity (Wildman–Crippen MR) is 75.1 cm³/mol. The molecule has 0 bridgehead atoms. The van der Waals surface area contributed by atoms with Gasteiger partial charge in [0.2, 0.25) is 0 Å². The number of phenols is 1. The molecule has 0 aromatic heterocycles. The van der Waals surface area contributed by atoms with E-state index in [9.17, 15) is 18.7 Å². The monoisotopic (exact) mass is 375 g/mol. The molecule has 0 fully saturated rings. The first kappa shape index (κ1) is 13.7. The van der Waals surface area contributed by atoms with Crippen LogP contribution in [0.4, 0.5) is 14.5 Å². The van der Waals surface area contributed by atoms with E-state index in [0.717, 1.165) is 15.7 Å². The van der Waals surface area contributed by atoms with Crippen LogP contribution in [0, 0.1) is 15.2 Å². The topological polar surface area (TPSA) is 49.3 Å². The lowest BCUT2D eigenvalue weighted by molar-refractivity contribution is 0.101. The molecule has 2 N–H and O–H groups in total. The quantitative estimate of drug-likeness (QED) is 0.624. The molecule has 2 rings (SSSR count). The van der Waals surface area contributed by atoms with Gasteiger partial charge in [-0.05, 0) is 52.9 Å². The van der Waals surface area contributed by atoms with E-state index in [4.69, 9.17) is 0 Å². The second kappa shape index (κ2) is 5.52. The summed E-state index contributed by atoms with van der Waals surface area (Å²) in [6.07, 6.45) is 0. The van der Waals surface area contributed by atoms with E-state index < -0.39 is 23.1 Å². The summed E-state index contributed by atoms with van der Waals surface area (Å²) in [5, 5.41) is 11.8. The fraction of sp³-hybridized carbons (Fsp3) is 0. The number of phenolic OH excluding ortho intramolecular Hbond substituents is 1. The molecular formula is C13H8F2INO2. The van der Waals surface area contributed by atoms with Crippen molar-refractivity contribution in [2.24, 2.45) is 0 Å². The van der Waals surface area contributed by atoms with Crippen molar-refractivity contribution in [1.82, 2.24) is 0 Å². The Labute approximate surface area is 121 Å². The van der Waals surface area contributed by atoms with Gasteiger partial charge >= 0.3 is 0 Å². The molecule has 0 spiro atoms. The smallest absolute Gasteiger partial charge is 0.261 e. The van der Waals surface area contributed by atoms with Gasteiger partial charge in [-0.3, -0.25) is 4.79 Å². The molecule has 2 aromatic rings.